The lowest BCUT2D eigenvalue weighted by Gasteiger charge is -2.13. The number of halogens is 1. The molecule has 0 saturated carbocycles. The molecule has 0 spiro atoms. The van der Waals surface area contributed by atoms with Crippen LogP contribution in [0.15, 0.2) is 67.0 Å². The van der Waals surface area contributed by atoms with Gasteiger partial charge in [-0.2, -0.15) is 0 Å². The third-order valence-corrected chi connectivity index (χ3v) is 4.63. The molecule has 0 saturated heterocycles. The highest BCUT2D eigenvalue weighted by Gasteiger charge is 2.07. The fraction of sp³-hybridized carbons (Fsp3) is 0.130. The van der Waals surface area contributed by atoms with Crippen LogP contribution in [0.3, 0.4) is 0 Å². The Morgan fingerprint density at radius 3 is 2.37 bits per heavy atom. The van der Waals surface area contributed by atoms with Crippen LogP contribution in [0.25, 0.3) is 11.3 Å². The molecule has 0 fully saturated rings. The molecule has 0 aliphatic heterocycles. The molecular formula is C23H21FN6. The Hall–Kier alpha value is -3.87. The summed E-state index contributed by atoms with van der Waals surface area (Å²) >= 11 is 0. The van der Waals surface area contributed by atoms with Crippen molar-refractivity contribution in [2.24, 2.45) is 0 Å². The van der Waals surface area contributed by atoms with Crippen LogP contribution in [0.1, 0.15) is 18.2 Å². The highest BCUT2D eigenvalue weighted by atomic mass is 19.1. The Morgan fingerprint density at radius 1 is 0.833 bits per heavy atom. The van der Waals surface area contributed by atoms with Crippen molar-refractivity contribution in [2.45, 2.75) is 20.3 Å². The number of nitrogens with one attached hydrogen (secondary N) is 2. The summed E-state index contributed by atoms with van der Waals surface area (Å²) in [4.78, 5) is 8.36. The highest BCUT2D eigenvalue weighted by Crippen LogP contribution is 2.27. The first kappa shape index (κ1) is 19.4. The quantitative estimate of drug-likeness (QED) is 0.449. The maximum atomic E-state index is 13.1. The topological polar surface area (TPSA) is 75.6 Å². The molecule has 2 heterocycles. The van der Waals surface area contributed by atoms with Crippen molar-refractivity contribution < 1.29 is 4.39 Å². The summed E-state index contributed by atoms with van der Waals surface area (Å²) < 4.78 is 13.1. The molecule has 2 aromatic heterocycles. The Labute approximate surface area is 174 Å². The van der Waals surface area contributed by atoms with Crippen molar-refractivity contribution in [3.8, 4) is 11.3 Å². The first-order valence-electron chi connectivity index (χ1n) is 9.66. The van der Waals surface area contributed by atoms with E-state index < -0.39 is 0 Å². The molecule has 2 N–H and O–H groups in total. The highest BCUT2D eigenvalue weighted by molar-refractivity contribution is 5.70. The van der Waals surface area contributed by atoms with E-state index in [-0.39, 0.29) is 5.82 Å². The van der Waals surface area contributed by atoms with Crippen LogP contribution in [-0.4, -0.2) is 20.2 Å². The average molecular weight is 400 g/mol. The Morgan fingerprint density at radius 2 is 1.67 bits per heavy atom. The van der Waals surface area contributed by atoms with Gasteiger partial charge in [0.1, 0.15) is 18.0 Å². The molecule has 0 aliphatic carbocycles. The molecular weight excluding hydrogens is 379 g/mol. The Kier molecular flexibility index (Phi) is 5.61. The summed E-state index contributed by atoms with van der Waals surface area (Å²) in [6.45, 7) is 4.03. The number of anilines is 4. The summed E-state index contributed by atoms with van der Waals surface area (Å²) in [7, 11) is 0. The van der Waals surface area contributed by atoms with Gasteiger partial charge in [0, 0.05) is 28.7 Å². The van der Waals surface area contributed by atoms with Crippen molar-refractivity contribution >= 4 is 23.0 Å². The van der Waals surface area contributed by atoms with Gasteiger partial charge in [-0.15, -0.1) is 10.2 Å². The van der Waals surface area contributed by atoms with Crippen LogP contribution < -0.4 is 10.6 Å². The van der Waals surface area contributed by atoms with Gasteiger partial charge in [-0.3, -0.25) is 0 Å². The second kappa shape index (κ2) is 8.65. The summed E-state index contributed by atoms with van der Waals surface area (Å²) in [6, 6.07) is 17.9. The van der Waals surface area contributed by atoms with Crippen LogP contribution in [0.5, 0.6) is 0 Å². The van der Waals surface area contributed by atoms with Crippen LogP contribution >= 0.6 is 0 Å². The van der Waals surface area contributed by atoms with E-state index in [1.165, 1.54) is 18.5 Å². The van der Waals surface area contributed by atoms with E-state index in [0.29, 0.717) is 11.5 Å². The van der Waals surface area contributed by atoms with E-state index in [1.54, 1.807) is 12.1 Å². The van der Waals surface area contributed by atoms with Gasteiger partial charge in [-0.25, -0.2) is 14.4 Å². The zero-order chi connectivity index (χ0) is 20.9. The van der Waals surface area contributed by atoms with Gasteiger partial charge < -0.3 is 10.6 Å². The molecule has 0 aliphatic rings. The van der Waals surface area contributed by atoms with Gasteiger partial charge in [-0.05, 0) is 67.4 Å². The number of aromatic nitrogens is 4. The van der Waals surface area contributed by atoms with Crippen molar-refractivity contribution in [3.05, 3.63) is 84.1 Å². The molecule has 4 rings (SSSR count). The summed E-state index contributed by atoms with van der Waals surface area (Å²) in [5.41, 5.74) is 5.40. The number of aryl methyl sites for hydroxylation is 2. The summed E-state index contributed by atoms with van der Waals surface area (Å²) in [5, 5.41) is 15.2. The lowest BCUT2D eigenvalue weighted by molar-refractivity contribution is 0.628. The van der Waals surface area contributed by atoms with E-state index in [4.69, 9.17) is 0 Å². The molecule has 0 bridgehead atoms. The van der Waals surface area contributed by atoms with E-state index in [2.05, 4.69) is 43.8 Å². The smallest absolute Gasteiger partial charge is 0.153 e. The van der Waals surface area contributed by atoms with E-state index in [9.17, 15) is 4.39 Å². The molecule has 0 amide bonds. The maximum absolute atomic E-state index is 13.1. The molecule has 6 nitrogen and oxygen atoms in total. The zero-order valence-electron chi connectivity index (χ0n) is 16.7. The van der Waals surface area contributed by atoms with Gasteiger partial charge >= 0.3 is 0 Å². The summed E-state index contributed by atoms with van der Waals surface area (Å²) in [5.74, 6) is 1.09. The predicted molar refractivity (Wildman–Crippen MR) is 117 cm³/mol. The van der Waals surface area contributed by atoms with Gasteiger partial charge in [-0.1, -0.05) is 13.0 Å². The number of rotatable bonds is 6. The van der Waals surface area contributed by atoms with Crippen molar-refractivity contribution in [1.29, 1.82) is 0 Å². The van der Waals surface area contributed by atoms with Gasteiger partial charge in [0.25, 0.3) is 0 Å². The van der Waals surface area contributed by atoms with E-state index in [0.717, 1.165) is 40.4 Å². The van der Waals surface area contributed by atoms with E-state index >= 15 is 0 Å². The number of hydrogen-bond donors (Lipinski definition) is 2. The minimum atomic E-state index is -0.275. The standard InChI is InChI=1S/C23H21FN6/c1-3-16-6-9-19(27-23-12-15(2)25-14-26-23)13-21(16)28-22-11-10-20(29-30-22)17-4-7-18(24)8-5-17/h4-14H,3H2,1-2H3,(H,28,30)(H,25,26,27). The lowest BCUT2D eigenvalue weighted by atomic mass is 10.1. The molecule has 2 aromatic carbocycles. The minimum absolute atomic E-state index is 0.275. The van der Waals surface area contributed by atoms with Crippen LogP contribution in [0.4, 0.5) is 27.4 Å². The van der Waals surface area contributed by atoms with Gasteiger partial charge in [0.2, 0.25) is 0 Å². The second-order valence-electron chi connectivity index (χ2n) is 6.83. The number of benzene rings is 2. The molecule has 4 aromatic rings. The monoisotopic (exact) mass is 400 g/mol. The normalized spacial score (nSPS) is 10.6. The SMILES string of the molecule is CCc1ccc(Nc2cc(C)ncn2)cc1Nc1ccc(-c2ccc(F)cc2)nn1. The average Bonchev–Trinajstić information content (AvgIpc) is 2.75. The lowest BCUT2D eigenvalue weighted by Crippen LogP contribution is -2.01. The third kappa shape index (κ3) is 4.57. The molecule has 0 unspecified atom stereocenters. The molecule has 0 radical (unpaired) electrons. The van der Waals surface area contributed by atoms with Gasteiger partial charge in [0.15, 0.2) is 5.82 Å². The van der Waals surface area contributed by atoms with Crippen LogP contribution in [0.2, 0.25) is 0 Å². The van der Waals surface area contributed by atoms with Crippen molar-refractivity contribution in [3.63, 3.8) is 0 Å². The maximum Gasteiger partial charge on any atom is 0.153 e. The molecule has 150 valence electrons. The molecule has 7 heteroatoms. The molecule has 0 atom stereocenters. The van der Waals surface area contributed by atoms with Gasteiger partial charge in [0.05, 0.1) is 5.69 Å². The third-order valence-electron chi connectivity index (χ3n) is 4.63. The Balaban J connectivity index is 1.55. The van der Waals surface area contributed by atoms with E-state index in [1.807, 2.05) is 37.3 Å². The number of nitrogens with zero attached hydrogens (tertiary/aromatic N) is 4. The number of hydrogen-bond acceptors (Lipinski definition) is 6. The minimum Gasteiger partial charge on any atom is -0.340 e. The fourth-order valence-corrected chi connectivity index (χ4v) is 3.06. The predicted octanol–water partition coefficient (Wildman–Crippen LogP) is 5.43. The summed E-state index contributed by atoms with van der Waals surface area (Å²) in [6.07, 6.45) is 2.41. The molecule has 30 heavy (non-hydrogen) atoms. The van der Waals surface area contributed by atoms with Crippen LogP contribution in [0, 0.1) is 12.7 Å². The van der Waals surface area contributed by atoms with Crippen molar-refractivity contribution in [1.82, 2.24) is 20.2 Å². The Bertz CT molecular complexity index is 1140. The first-order chi connectivity index (χ1) is 14.6. The van der Waals surface area contributed by atoms with Crippen molar-refractivity contribution in [2.75, 3.05) is 10.6 Å². The second-order valence-corrected chi connectivity index (χ2v) is 6.83. The first-order valence-corrected chi connectivity index (χ1v) is 9.66. The fourth-order valence-electron chi connectivity index (χ4n) is 3.06. The van der Waals surface area contributed by atoms with Crippen LogP contribution in [-0.2, 0) is 6.42 Å². The largest absolute Gasteiger partial charge is 0.340 e. The zero-order valence-corrected chi connectivity index (χ0v) is 16.7.